The van der Waals surface area contributed by atoms with E-state index in [0.717, 1.165) is 67.0 Å². The summed E-state index contributed by atoms with van der Waals surface area (Å²) in [5, 5.41) is 3.43. The average Bonchev–Trinajstić information content (AvgIpc) is 3.28. The van der Waals surface area contributed by atoms with Crippen molar-refractivity contribution >= 4 is 11.4 Å². The van der Waals surface area contributed by atoms with Gasteiger partial charge in [0.1, 0.15) is 0 Å². The van der Waals surface area contributed by atoms with E-state index in [-0.39, 0.29) is 0 Å². The fraction of sp³-hybridized carbons (Fsp3) is 0.0408. The number of aromatic nitrogens is 4. The molecule has 6 nitrogen and oxygen atoms in total. The third kappa shape index (κ3) is 8.35. The van der Waals surface area contributed by atoms with Crippen molar-refractivity contribution in [2.24, 2.45) is 4.99 Å². The molecule has 6 aromatic carbocycles. The van der Waals surface area contributed by atoms with Gasteiger partial charge in [-0.3, -0.25) is 9.98 Å². The number of benzene rings is 6. The fourth-order valence-corrected chi connectivity index (χ4v) is 6.40. The van der Waals surface area contributed by atoms with E-state index in [2.05, 4.69) is 107 Å². The number of allylic oxidation sites excluding steroid dienone is 1. The first kappa shape index (κ1) is 34.8. The minimum Gasteiger partial charge on any atom is -0.388 e. The second-order valence-electron chi connectivity index (χ2n) is 13.0. The van der Waals surface area contributed by atoms with Gasteiger partial charge in [-0.2, -0.15) is 0 Å². The molecule has 264 valence electrons. The SMILES string of the molecule is CN/C(=C\C(=NCc1ccccc1)c1ccc(-c2cccnc2)cc1)c1ccc(-c2cccc(-c3nc(-c4ccccc4)nc(-c4ccccc4)n3)c2)cc1. The van der Waals surface area contributed by atoms with Crippen molar-refractivity contribution in [1.29, 1.82) is 0 Å². The van der Waals surface area contributed by atoms with Crippen LogP contribution in [0.25, 0.3) is 62.1 Å². The summed E-state index contributed by atoms with van der Waals surface area (Å²) in [5.74, 6) is 1.91. The van der Waals surface area contributed by atoms with Crippen molar-refractivity contribution < 1.29 is 0 Å². The summed E-state index contributed by atoms with van der Waals surface area (Å²) in [6, 6.07) is 59.9. The van der Waals surface area contributed by atoms with Gasteiger partial charge in [0.2, 0.25) is 0 Å². The predicted octanol–water partition coefficient (Wildman–Crippen LogP) is 10.9. The van der Waals surface area contributed by atoms with E-state index in [9.17, 15) is 0 Å². The molecule has 0 radical (unpaired) electrons. The molecule has 0 unspecified atom stereocenters. The normalized spacial score (nSPS) is 11.7. The molecule has 0 saturated heterocycles. The number of hydrogen-bond acceptors (Lipinski definition) is 6. The number of pyridine rings is 1. The minimum atomic E-state index is 0.574. The zero-order chi connectivity index (χ0) is 37.2. The molecule has 0 aliphatic heterocycles. The molecule has 0 amide bonds. The molecule has 0 fully saturated rings. The molecule has 0 aliphatic rings. The molecule has 2 heterocycles. The number of nitrogens with zero attached hydrogens (tertiary/aromatic N) is 5. The van der Waals surface area contributed by atoms with E-state index in [1.807, 2.05) is 98.2 Å². The molecule has 8 aromatic rings. The van der Waals surface area contributed by atoms with E-state index >= 15 is 0 Å². The van der Waals surface area contributed by atoms with Crippen molar-refractivity contribution in [2.45, 2.75) is 6.54 Å². The topological polar surface area (TPSA) is 76.0 Å². The first-order valence-corrected chi connectivity index (χ1v) is 18.3. The first-order chi connectivity index (χ1) is 27.2. The van der Waals surface area contributed by atoms with Crippen LogP contribution in [0.4, 0.5) is 0 Å². The largest absolute Gasteiger partial charge is 0.388 e. The Bertz CT molecular complexity index is 2490. The molecule has 0 saturated carbocycles. The van der Waals surface area contributed by atoms with E-state index in [4.69, 9.17) is 19.9 Å². The van der Waals surface area contributed by atoms with Crippen LogP contribution in [0.2, 0.25) is 0 Å². The molecule has 0 bridgehead atoms. The van der Waals surface area contributed by atoms with Gasteiger partial charge in [-0.15, -0.1) is 0 Å². The minimum absolute atomic E-state index is 0.574. The van der Waals surface area contributed by atoms with Crippen LogP contribution in [0, 0.1) is 0 Å². The van der Waals surface area contributed by atoms with E-state index < -0.39 is 0 Å². The quantitative estimate of drug-likeness (QED) is 0.135. The highest BCUT2D eigenvalue weighted by Crippen LogP contribution is 2.29. The Morgan fingerprint density at radius 2 is 1.00 bits per heavy atom. The molecule has 0 aliphatic carbocycles. The van der Waals surface area contributed by atoms with Crippen LogP contribution >= 0.6 is 0 Å². The van der Waals surface area contributed by atoms with Crippen LogP contribution in [0.1, 0.15) is 16.7 Å². The van der Waals surface area contributed by atoms with E-state index in [1.54, 1.807) is 6.20 Å². The molecule has 0 spiro atoms. The van der Waals surface area contributed by atoms with Gasteiger partial charge in [-0.25, -0.2) is 15.0 Å². The summed E-state index contributed by atoms with van der Waals surface area (Å²) in [6.45, 7) is 0.574. The standard InChI is InChI=1S/C49H38N6/c1-50-45(32-46(52-33-35-13-5-2-6-14-35)39-28-24-37(25-29-39)44-21-12-30-51-34-44)38-26-22-36(23-27-38)42-19-11-20-43(31-42)49-54-47(40-15-7-3-8-16-40)53-48(55-49)41-17-9-4-10-18-41/h2-32,34,50H,33H2,1H3/b45-32-,52-46?. The lowest BCUT2D eigenvalue weighted by atomic mass is 9.99. The number of rotatable bonds is 11. The van der Waals surface area contributed by atoms with Gasteiger partial charge in [0.25, 0.3) is 0 Å². The van der Waals surface area contributed by atoms with Gasteiger partial charge >= 0.3 is 0 Å². The fourth-order valence-electron chi connectivity index (χ4n) is 6.40. The maximum Gasteiger partial charge on any atom is 0.164 e. The first-order valence-electron chi connectivity index (χ1n) is 18.3. The second-order valence-corrected chi connectivity index (χ2v) is 13.0. The summed E-state index contributed by atoms with van der Waals surface area (Å²) < 4.78 is 0. The summed E-state index contributed by atoms with van der Waals surface area (Å²) >= 11 is 0. The maximum atomic E-state index is 5.11. The van der Waals surface area contributed by atoms with Crippen molar-refractivity contribution in [3.63, 3.8) is 0 Å². The molecular weight excluding hydrogens is 673 g/mol. The van der Waals surface area contributed by atoms with Crippen LogP contribution in [0.15, 0.2) is 199 Å². The molecule has 8 rings (SSSR count). The lowest BCUT2D eigenvalue weighted by molar-refractivity contribution is 1.07. The van der Waals surface area contributed by atoms with Crippen LogP contribution in [-0.4, -0.2) is 32.7 Å². The molecule has 6 heteroatoms. The van der Waals surface area contributed by atoms with Crippen LogP contribution in [0.5, 0.6) is 0 Å². The number of aliphatic imine (C=N–C) groups is 1. The zero-order valence-corrected chi connectivity index (χ0v) is 30.4. The number of nitrogens with one attached hydrogen (secondary N) is 1. The van der Waals surface area contributed by atoms with Crippen molar-refractivity contribution in [3.8, 4) is 56.4 Å². The molecule has 0 atom stereocenters. The van der Waals surface area contributed by atoms with E-state index in [0.29, 0.717) is 24.0 Å². The Labute approximate surface area is 321 Å². The van der Waals surface area contributed by atoms with Gasteiger partial charge < -0.3 is 5.32 Å². The smallest absolute Gasteiger partial charge is 0.164 e. The average molecular weight is 711 g/mol. The molecule has 1 N–H and O–H groups in total. The van der Waals surface area contributed by atoms with Crippen LogP contribution in [-0.2, 0) is 6.54 Å². The van der Waals surface area contributed by atoms with E-state index in [1.165, 1.54) is 0 Å². The van der Waals surface area contributed by atoms with Gasteiger partial charge in [0, 0.05) is 41.8 Å². The third-order valence-corrected chi connectivity index (χ3v) is 9.35. The van der Waals surface area contributed by atoms with Gasteiger partial charge in [0.05, 0.1) is 12.3 Å². The Morgan fingerprint density at radius 1 is 0.491 bits per heavy atom. The summed E-state index contributed by atoms with van der Waals surface area (Å²) in [5.41, 5.74) is 12.3. The molecule has 55 heavy (non-hydrogen) atoms. The highest BCUT2D eigenvalue weighted by Gasteiger charge is 2.13. The maximum absolute atomic E-state index is 5.11. The monoisotopic (exact) mass is 710 g/mol. The Hall–Kier alpha value is -7.31. The van der Waals surface area contributed by atoms with Gasteiger partial charge in [0.15, 0.2) is 17.5 Å². The lowest BCUT2D eigenvalue weighted by Gasteiger charge is -2.12. The van der Waals surface area contributed by atoms with Crippen molar-refractivity contribution in [2.75, 3.05) is 7.05 Å². The van der Waals surface area contributed by atoms with Crippen LogP contribution < -0.4 is 5.32 Å². The third-order valence-electron chi connectivity index (χ3n) is 9.35. The zero-order valence-electron chi connectivity index (χ0n) is 30.4. The lowest BCUT2D eigenvalue weighted by Crippen LogP contribution is -2.09. The Morgan fingerprint density at radius 3 is 1.58 bits per heavy atom. The van der Waals surface area contributed by atoms with Crippen molar-refractivity contribution in [1.82, 2.24) is 25.3 Å². The highest BCUT2D eigenvalue weighted by atomic mass is 15.0. The highest BCUT2D eigenvalue weighted by molar-refractivity contribution is 6.12. The summed E-state index contributed by atoms with van der Waals surface area (Å²) in [4.78, 5) is 24.1. The number of hydrogen-bond donors (Lipinski definition) is 1. The predicted molar refractivity (Wildman–Crippen MR) is 225 cm³/mol. The van der Waals surface area contributed by atoms with Crippen molar-refractivity contribution in [3.05, 3.63) is 211 Å². The van der Waals surface area contributed by atoms with Crippen LogP contribution in [0.3, 0.4) is 0 Å². The second kappa shape index (κ2) is 16.6. The van der Waals surface area contributed by atoms with Gasteiger partial charge in [-0.1, -0.05) is 164 Å². The summed E-state index contributed by atoms with van der Waals surface area (Å²) in [6.07, 6.45) is 5.81. The Balaban J connectivity index is 1.10. The summed E-state index contributed by atoms with van der Waals surface area (Å²) in [7, 11) is 1.95. The van der Waals surface area contributed by atoms with Gasteiger partial charge in [-0.05, 0) is 57.2 Å². The Kier molecular flexibility index (Phi) is 10.5. The molecule has 2 aromatic heterocycles. The molecular formula is C49H38N6.